The summed E-state index contributed by atoms with van der Waals surface area (Å²) in [6.07, 6.45) is 2.78. The van der Waals surface area contributed by atoms with Crippen LogP contribution >= 0.6 is 0 Å². The van der Waals surface area contributed by atoms with Gasteiger partial charge < -0.3 is 15.5 Å². The maximum atomic E-state index is 11.0. The average Bonchev–Trinajstić information content (AvgIpc) is 2.17. The molecule has 0 radical (unpaired) electrons. The van der Waals surface area contributed by atoms with E-state index in [0.717, 1.165) is 25.8 Å². The molecule has 0 heterocycles. The SMILES string of the molecule is CNCCCCC(NC)C(=O)ON. The van der Waals surface area contributed by atoms with Crippen molar-refractivity contribution in [3.8, 4) is 0 Å². The molecule has 13 heavy (non-hydrogen) atoms. The molecule has 0 bridgehead atoms. The largest absolute Gasteiger partial charge is 0.372 e. The molecule has 0 aromatic heterocycles. The quantitative estimate of drug-likeness (QED) is 0.367. The van der Waals surface area contributed by atoms with Gasteiger partial charge in [0.05, 0.1) is 0 Å². The standard InChI is InChI=1S/C8H19N3O2/c1-10-6-4-3-5-7(11-2)8(12)13-9/h7,10-11H,3-6,9H2,1-2H3. The molecule has 0 aliphatic rings. The second kappa shape index (κ2) is 7.97. The smallest absolute Gasteiger partial charge is 0.341 e. The van der Waals surface area contributed by atoms with Gasteiger partial charge in [0.25, 0.3) is 0 Å². The van der Waals surface area contributed by atoms with Crippen molar-refractivity contribution in [2.75, 3.05) is 20.6 Å². The lowest BCUT2D eigenvalue weighted by Gasteiger charge is -2.12. The van der Waals surface area contributed by atoms with Gasteiger partial charge in [0.15, 0.2) is 0 Å². The van der Waals surface area contributed by atoms with Crippen LogP contribution in [0.4, 0.5) is 0 Å². The molecule has 4 N–H and O–H groups in total. The second-order valence-corrected chi connectivity index (χ2v) is 2.88. The molecule has 0 fully saturated rings. The summed E-state index contributed by atoms with van der Waals surface area (Å²) in [6, 6.07) is -0.276. The number of unbranched alkanes of at least 4 members (excludes halogenated alkanes) is 1. The molecule has 0 saturated carbocycles. The van der Waals surface area contributed by atoms with E-state index in [4.69, 9.17) is 5.90 Å². The van der Waals surface area contributed by atoms with Crippen molar-refractivity contribution < 1.29 is 9.63 Å². The highest BCUT2D eigenvalue weighted by atomic mass is 16.7. The fourth-order valence-corrected chi connectivity index (χ4v) is 1.11. The first kappa shape index (κ1) is 12.3. The van der Waals surface area contributed by atoms with E-state index in [1.54, 1.807) is 7.05 Å². The topological polar surface area (TPSA) is 76.4 Å². The van der Waals surface area contributed by atoms with E-state index < -0.39 is 5.97 Å². The van der Waals surface area contributed by atoms with Gasteiger partial charge in [-0.2, -0.15) is 5.90 Å². The van der Waals surface area contributed by atoms with E-state index in [1.807, 2.05) is 7.05 Å². The van der Waals surface area contributed by atoms with Crippen LogP contribution in [-0.2, 0) is 9.63 Å². The van der Waals surface area contributed by atoms with Crippen molar-refractivity contribution in [3.63, 3.8) is 0 Å². The molecular weight excluding hydrogens is 170 g/mol. The average molecular weight is 189 g/mol. The van der Waals surface area contributed by atoms with Gasteiger partial charge in [-0.3, -0.25) is 0 Å². The number of carbonyl (C=O) groups excluding carboxylic acids is 1. The Bertz CT molecular complexity index is 141. The van der Waals surface area contributed by atoms with Crippen LogP contribution in [0.1, 0.15) is 19.3 Å². The van der Waals surface area contributed by atoms with E-state index in [-0.39, 0.29) is 6.04 Å². The maximum Gasteiger partial charge on any atom is 0.341 e. The van der Waals surface area contributed by atoms with Gasteiger partial charge >= 0.3 is 5.97 Å². The van der Waals surface area contributed by atoms with Gasteiger partial charge in [-0.05, 0) is 33.5 Å². The minimum atomic E-state index is -0.396. The highest BCUT2D eigenvalue weighted by molar-refractivity contribution is 5.75. The summed E-state index contributed by atoms with van der Waals surface area (Å²) >= 11 is 0. The minimum Gasteiger partial charge on any atom is -0.372 e. The Hall–Kier alpha value is -0.650. The fraction of sp³-hybridized carbons (Fsp3) is 0.875. The van der Waals surface area contributed by atoms with Gasteiger partial charge in [0.1, 0.15) is 6.04 Å². The zero-order valence-corrected chi connectivity index (χ0v) is 8.30. The van der Waals surface area contributed by atoms with Crippen LogP contribution in [0.3, 0.4) is 0 Å². The number of hydrogen-bond donors (Lipinski definition) is 3. The molecule has 0 rings (SSSR count). The normalized spacial score (nSPS) is 12.5. The number of carbonyl (C=O) groups is 1. The lowest BCUT2D eigenvalue weighted by atomic mass is 10.1. The Kier molecular flexibility index (Phi) is 7.57. The lowest BCUT2D eigenvalue weighted by molar-refractivity contribution is -0.146. The first-order chi connectivity index (χ1) is 6.26. The summed E-state index contributed by atoms with van der Waals surface area (Å²) in [7, 11) is 3.63. The molecule has 0 aliphatic heterocycles. The van der Waals surface area contributed by atoms with Crippen LogP contribution in [0.2, 0.25) is 0 Å². The molecule has 5 heteroatoms. The number of nitrogens with two attached hydrogens (primary N) is 1. The Morgan fingerprint density at radius 2 is 2.15 bits per heavy atom. The number of rotatable bonds is 7. The van der Waals surface area contributed by atoms with Gasteiger partial charge in [0.2, 0.25) is 0 Å². The first-order valence-corrected chi connectivity index (χ1v) is 4.48. The zero-order valence-electron chi connectivity index (χ0n) is 8.30. The van der Waals surface area contributed by atoms with E-state index in [2.05, 4.69) is 15.5 Å². The summed E-state index contributed by atoms with van der Waals surface area (Å²) in [6.45, 7) is 0.966. The van der Waals surface area contributed by atoms with Crippen molar-refractivity contribution in [2.24, 2.45) is 5.90 Å². The molecule has 0 amide bonds. The van der Waals surface area contributed by atoms with Crippen LogP contribution in [-0.4, -0.2) is 32.7 Å². The summed E-state index contributed by atoms with van der Waals surface area (Å²) in [5.41, 5.74) is 0. The summed E-state index contributed by atoms with van der Waals surface area (Å²) in [5, 5.41) is 5.90. The van der Waals surface area contributed by atoms with E-state index >= 15 is 0 Å². The van der Waals surface area contributed by atoms with Crippen molar-refractivity contribution >= 4 is 5.97 Å². The van der Waals surface area contributed by atoms with Crippen molar-refractivity contribution in [2.45, 2.75) is 25.3 Å². The molecule has 1 unspecified atom stereocenters. The maximum absolute atomic E-state index is 11.0. The van der Waals surface area contributed by atoms with Crippen LogP contribution in [0, 0.1) is 0 Å². The van der Waals surface area contributed by atoms with Crippen LogP contribution in [0.25, 0.3) is 0 Å². The predicted molar refractivity (Wildman–Crippen MR) is 50.9 cm³/mol. The summed E-state index contributed by atoms with van der Waals surface area (Å²) in [4.78, 5) is 15.1. The first-order valence-electron chi connectivity index (χ1n) is 4.48. The second-order valence-electron chi connectivity index (χ2n) is 2.88. The molecule has 0 aliphatic carbocycles. The molecule has 1 atom stereocenters. The van der Waals surface area contributed by atoms with E-state index in [0.29, 0.717) is 0 Å². The van der Waals surface area contributed by atoms with Crippen molar-refractivity contribution in [1.29, 1.82) is 0 Å². The third-order valence-electron chi connectivity index (χ3n) is 1.92. The Morgan fingerprint density at radius 3 is 2.62 bits per heavy atom. The van der Waals surface area contributed by atoms with Gasteiger partial charge in [-0.1, -0.05) is 6.42 Å². The summed E-state index contributed by atoms with van der Waals surface area (Å²) < 4.78 is 0. The predicted octanol–water partition coefficient (Wildman–Crippen LogP) is -0.619. The monoisotopic (exact) mass is 189 g/mol. The highest BCUT2D eigenvalue weighted by Gasteiger charge is 2.16. The molecule has 5 nitrogen and oxygen atoms in total. The highest BCUT2D eigenvalue weighted by Crippen LogP contribution is 2.00. The van der Waals surface area contributed by atoms with Crippen LogP contribution in [0.15, 0.2) is 0 Å². The number of nitrogens with one attached hydrogen (secondary N) is 2. The van der Waals surface area contributed by atoms with Crippen molar-refractivity contribution in [1.82, 2.24) is 10.6 Å². The summed E-state index contributed by atoms with van der Waals surface area (Å²) in [5.74, 6) is 4.38. The van der Waals surface area contributed by atoms with Gasteiger partial charge in [0, 0.05) is 0 Å². The third kappa shape index (κ3) is 5.57. The molecule has 0 spiro atoms. The Balaban J connectivity index is 3.53. The molecule has 78 valence electrons. The molecule has 0 saturated heterocycles. The fourth-order valence-electron chi connectivity index (χ4n) is 1.11. The Morgan fingerprint density at radius 1 is 1.46 bits per heavy atom. The van der Waals surface area contributed by atoms with E-state index in [1.165, 1.54) is 0 Å². The number of likely N-dealkylation sites (N-methyl/N-ethyl adjacent to an activating group) is 1. The molecular formula is C8H19N3O2. The van der Waals surface area contributed by atoms with Gasteiger partial charge in [-0.25, -0.2) is 4.79 Å². The third-order valence-corrected chi connectivity index (χ3v) is 1.92. The lowest BCUT2D eigenvalue weighted by Crippen LogP contribution is -2.36. The molecule has 0 aromatic carbocycles. The van der Waals surface area contributed by atoms with Gasteiger partial charge in [-0.15, -0.1) is 0 Å². The van der Waals surface area contributed by atoms with Crippen molar-refractivity contribution in [3.05, 3.63) is 0 Å². The molecule has 0 aromatic rings. The van der Waals surface area contributed by atoms with Crippen LogP contribution in [0.5, 0.6) is 0 Å². The minimum absolute atomic E-state index is 0.276. The Labute approximate surface area is 79.0 Å². The number of hydrogen-bond acceptors (Lipinski definition) is 5. The zero-order chi connectivity index (χ0) is 10.1. The van der Waals surface area contributed by atoms with Crippen LogP contribution < -0.4 is 16.5 Å². The van der Waals surface area contributed by atoms with E-state index in [9.17, 15) is 4.79 Å².